The van der Waals surface area contributed by atoms with Crippen molar-refractivity contribution in [3.63, 3.8) is 0 Å². The molecule has 0 fully saturated rings. The summed E-state index contributed by atoms with van der Waals surface area (Å²) >= 11 is 0. The highest BCUT2D eigenvalue weighted by Crippen LogP contribution is 2.05. The Morgan fingerprint density at radius 3 is 2.78 bits per heavy atom. The Labute approximate surface area is 106 Å². The molecule has 0 amide bonds. The maximum atomic E-state index is 12.0. The van der Waals surface area contributed by atoms with Crippen molar-refractivity contribution in [3.8, 4) is 0 Å². The minimum Gasteiger partial charge on any atom is -0.383 e. The molecule has 18 heavy (non-hydrogen) atoms. The van der Waals surface area contributed by atoms with Gasteiger partial charge in [-0.15, -0.1) is 0 Å². The fourth-order valence-electron chi connectivity index (χ4n) is 1.62. The summed E-state index contributed by atoms with van der Waals surface area (Å²) in [6.45, 7) is 2.23. The Hall–Kier alpha value is -1.18. The van der Waals surface area contributed by atoms with Gasteiger partial charge in [0.2, 0.25) is 15.5 Å². The van der Waals surface area contributed by atoms with Crippen LogP contribution in [-0.2, 0) is 14.8 Å². The molecule has 1 aromatic heterocycles. The lowest BCUT2D eigenvalue weighted by molar-refractivity contribution is 0.171. The predicted molar refractivity (Wildman–Crippen MR) is 68.0 cm³/mol. The number of ether oxygens (including phenoxy) is 1. The van der Waals surface area contributed by atoms with Gasteiger partial charge in [0.15, 0.2) is 0 Å². The second-order valence-electron chi connectivity index (χ2n) is 3.94. The first-order valence-corrected chi connectivity index (χ1v) is 7.18. The van der Waals surface area contributed by atoms with Gasteiger partial charge >= 0.3 is 0 Å². The zero-order chi connectivity index (χ0) is 13.6. The van der Waals surface area contributed by atoms with E-state index in [1.807, 2.05) is 6.92 Å². The summed E-state index contributed by atoms with van der Waals surface area (Å²) in [5.74, 6) is 0. The van der Waals surface area contributed by atoms with Crippen molar-refractivity contribution in [1.29, 1.82) is 0 Å². The van der Waals surface area contributed by atoms with Crippen LogP contribution in [0.2, 0.25) is 0 Å². The van der Waals surface area contributed by atoms with E-state index in [2.05, 4.69) is 9.71 Å². The van der Waals surface area contributed by atoms with Crippen molar-refractivity contribution in [2.75, 3.05) is 13.7 Å². The van der Waals surface area contributed by atoms with Gasteiger partial charge in [-0.25, -0.2) is 13.1 Å². The van der Waals surface area contributed by atoms with Crippen LogP contribution in [0, 0.1) is 0 Å². The number of hydrogen-bond acceptors (Lipinski definition) is 4. The van der Waals surface area contributed by atoms with E-state index < -0.39 is 15.5 Å². The Balaban J connectivity index is 2.93. The number of hydrogen-bond donors (Lipinski definition) is 2. The molecule has 6 nitrogen and oxygen atoms in total. The molecular weight excluding hydrogens is 256 g/mol. The molecule has 0 bridgehead atoms. The Kier molecular flexibility index (Phi) is 5.52. The lowest BCUT2D eigenvalue weighted by Gasteiger charge is -2.16. The standard InChI is InChI=1S/C11H18N2O4S/c1-3-4-9(8-17-2)13-18(15,16)11-7-12-6-5-10(11)14/h5-7,9,13H,3-4,8H2,1-2H3,(H,12,14). The maximum Gasteiger partial charge on any atom is 0.246 e. The van der Waals surface area contributed by atoms with E-state index in [1.54, 1.807) is 0 Å². The monoisotopic (exact) mass is 274 g/mol. The van der Waals surface area contributed by atoms with E-state index in [9.17, 15) is 13.2 Å². The van der Waals surface area contributed by atoms with Crippen LogP contribution in [0.25, 0.3) is 0 Å². The summed E-state index contributed by atoms with van der Waals surface area (Å²) in [7, 11) is -2.30. The number of sulfonamides is 1. The largest absolute Gasteiger partial charge is 0.383 e. The molecule has 0 spiro atoms. The molecule has 1 aromatic rings. The molecule has 0 aliphatic heterocycles. The molecular formula is C11H18N2O4S. The second kappa shape index (κ2) is 6.67. The smallest absolute Gasteiger partial charge is 0.246 e. The number of H-pyrrole nitrogens is 1. The average Bonchev–Trinajstić information content (AvgIpc) is 2.29. The summed E-state index contributed by atoms with van der Waals surface area (Å²) in [6, 6.07) is 0.851. The molecule has 1 rings (SSSR count). The first-order chi connectivity index (χ1) is 8.51. The van der Waals surface area contributed by atoms with Gasteiger partial charge in [-0.05, 0) is 6.42 Å². The lowest BCUT2D eigenvalue weighted by Crippen LogP contribution is -2.39. The van der Waals surface area contributed by atoms with Gasteiger partial charge < -0.3 is 9.72 Å². The molecule has 0 radical (unpaired) electrons. The third kappa shape index (κ3) is 3.94. The first-order valence-electron chi connectivity index (χ1n) is 5.69. The predicted octanol–water partition coefficient (Wildman–Crippen LogP) is 0.468. The van der Waals surface area contributed by atoms with E-state index in [1.165, 1.54) is 25.6 Å². The highest BCUT2D eigenvalue weighted by Gasteiger charge is 2.21. The second-order valence-corrected chi connectivity index (χ2v) is 5.62. The molecule has 1 atom stereocenters. The zero-order valence-corrected chi connectivity index (χ0v) is 11.3. The van der Waals surface area contributed by atoms with E-state index in [0.29, 0.717) is 6.42 Å². The number of aromatic nitrogens is 1. The van der Waals surface area contributed by atoms with Crippen molar-refractivity contribution < 1.29 is 13.2 Å². The minimum atomic E-state index is -3.81. The highest BCUT2D eigenvalue weighted by atomic mass is 32.2. The van der Waals surface area contributed by atoms with Crippen molar-refractivity contribution in [1.82, 2.24) is 9.71 Å². The van der Waals surface area contributed by atoms with E-state index in [0.717, 1.165) is 6.42 Å². The topological polar surface area (TPSA) is 88.3 Å². The third-order valence-electron chi connectivity index (χ3n) is 2.40. The fourth-order valence-corrected chi connectivity index (χ4v) is 2.93. The molecule has 1 heterocycles. The van der Waals surface area contributed by atoms with Gasteiger partial charge in [-0.1, -0.05) is 13.3 Å². The molecule has 0 aliphatic carbocycles. The van der Waals surface area contributed by atoms with Crippen LogP contribution in [-0.4, -0.2) is 33.2 Å². The van der Waals surface area contributed by atoms with Crippen molar-refractivity contribution in [2.24, 2.45) is 0 Å². The van der Waals surface area contributed by atoms with Gasteiger partial charge in [-0.2, -0.15) is 0 Å². The molecule has 2 N–H and O–H groups in total. The normalized spacial score (nSPS) is 13.4. The number of pyridine rings is 1. The van der Waals surface area contributed by atoms with Crippen molar-refractivity contribution in [2.45, 2.75) is 30.7 Å². The minimum absolute atomic E-state index is 0.276. The van der Waals surface area contributed by atoms with Crippen LogP contribution < -0.4 is 10.2 Å². The zero-order valence-electron chi connectivity index (χ0n) is 10.5. The van der Waals surface area contributed by atoms with Crippen LogP contribution in [0.4, 0.5) is 0 Å². The molecule has 7 heteroatoms. The molecule has 0 saturated heterocycles. The van der Waals surface area contributed by atoms with Gasteiger partial charge in [0.25, 0.3) is 0 Å². The van der Waals surface area contributed by atoms with Crippen LogP contribution in [0.3, 0.4) is 0 Å². The number of nitrogens with one attached hydrogen (secondary N) is 2. The Bertz CT molecular complexity index is 518. The fraction of sp³-hybridized carbons (Fsp3) is 0.545. The van der Waals surface area contributed by atoms with Crippen molar-refractivity contribution >= 4 is 10.0 Å². The maximum absolute atomic E-state index is 12.0. The SMILES string of the molecule is CCCC(COC)NS(=O)(=O)c1c[nH]ccc1=O. The van der Waals surface area contributed by atoms with Gasteiger partial charge in [-0.3, -0.25) is 4.79 Å². The molecule has 102 valence electrons. The van der Waals surface area contributed by atoms with E-state index in [-0.39, 0.29) is 17.5 Å². The molecule has 1 unspecified atom stereocenters. The quantitative estimate of drug-likeness (QED) is 0.756. The number of aromatic amines is 1. The van der Waals surface area contributed by atoms with Crippen molar-refractivity contribution in [3.05, 3.63) is 28.7 Å². The number of methoxy groups -OCH3 is 1. The summed E-state index contributed by atoms with van der Waals surface area (Å²) in [5.41, 5.74) is -0.533. The summed E-state index contributed by atoms with van der Waals surface area (Å²) in [4.78, 5) is 13.8. The van der Waals surface area contributed by atoms with Gasteiger partial charge in [0, 0.05) is 31.6 Å². The Morgan fingerprint density at radius 2 is 2.22 bits per heavy atom. The first kappa shape index (κ1) is 14.9. The number of rotatable bonds is 7. The van der Waals surface area contributed by atoms with Gasteiger partial charge in [0.1, 0.15) is 4.90 Å². The van der Waals surface area contributed by atoms with Crippen LogP contribution in [0.15, 0.2) is 28.2 Å². The van der Waals surface area contributed by atoms with Gasteiger partial charge in [0.05, 0.1) is 6.61 Å². The Morgan fingerprint density at radius 1 is 1.50 bits per heavy atom. The molecule has 0 aromatic carbocycles. The third-order valence-corrected chi connectivity index (χ3v) is 3.95. The summed E-state index contributed by atoms with van der Waals surface area (Å²) < 4.78 is 31.5. The summed E-state index contributed by atoms with van der Waals surface area (Å²) in [6.07, 6.45) is 4.04. The lowest BCUT2D eigenvalue weighted by atomic mass is 10.2. The molecule has 0 saturated carbocycles. The highest BCUT2D eigenvalue weighted by molar-refractivity contribution is 7.89. The average molecular weight is 274 g/mol. The van der Waals surface area contributed by atoms with E-state index >= 15 is 0 Å². The molecule has 0 aliphatic rings. The van der Waals surface area contributed by atoms with Crippen LogP contribution >= 0.6 is 0 Å². The van der Waals surface area contributed by atoms with Crippen LogP contribution in [0.1, 0.15) is 19.8 Å². The van der Waals surface area contributed by atoms with E-state index in [4.69, 9.17) is 4.74 Å². The summed E-state index contributed by atoms with van der Waals surface area (Å²) in [5, 5.41) is 0. The van der Waals surface area contributed by atoms with Crippen LogP contribution in [0.5, 0.6) is 0 Å².